The van der Waals surface area contributed by atoms with Crippen molar-refractivity contribution in [1.29, 1.82) is 0 Å². The van der Waals surface area contributed by atoms with Crippen molar-refractivity contribution in [3.63, 3.8) is 0 Å². The molecule has 0 bridgehead atoms. The van der Waals surface area contributed by atoms with Crippen molar-refractivity contribution in [2.24, 2.45) is 0 Å². The van der Waals surface area contributed by atoms with Gasteiger partial charge in [-0.25, -0.2) is 9.97 Å². The van der Waals surface area contributed by atoms with Crippen molar-refractivity contribution in [2.75, 3.05) is 18.5 Å². The Morgan fingerprint density at radius 2 is 1.88 bits per heavy atom. The molecule has 0 atom stereocenters. The number of unbranched alkanes of at least 4 members (excludes halogenated alkanes) is 2. The minimum Gasteiger partial charge on any atom is -0.396 e. The fraction of sp³-hybridized carbons (Fsp3) is 0.250. The minimum absolute atomic E-state index is 0.106. The van der Waals surface area contributed by atoms with Crippen LogP contribution in [-0.4, -0.2) is 34.1 Å². The third-order valence-electron chi connectivity index (χ3n) is 4.05. The number of amides is 1. The monoisotopic (exact) mass is 350 g/mol. The van der Waals surface area contributed by atoms with Crippen molar-refractivity contribution >= 4 is 28.3 Å². The van der Waals surface area contributed by atoms with Crippen LogP contribution in [0.2, 0.25) is 0 Å². The Kier molecular flexibility index (Phi) is 6.11. The molecule has 3 aromatic rings. The Labute approximate surface area is 152 Å². The lowest BCUT2D eigenvalue weighted by Crippen LogP contribution is -2.24. The minimum atomic E-state index is -0.106. The summed E-state index contributed by atoms with van der Waals surface area (Å²) in [6.07, 6.45) is 4.05. The van der Waals surface area contributed by atoms with Crippen molar-refractivity contribution in [3.8, 4) is 0 Å². The number of hydrogen-bond acceptors (Lipinski definition) is 5. The number of fused-ring (bicyclic) bond motifs is 1. The van der Waals surface area contributed by atoms with Crippen LogP contribution in [0.4, 0.5) is 11.5 Å². The zero-order chi connectivity index (χ0) is 18.2. The summed E-state index contributed by atoms with van der Waals surface area (Å²) in [6, 6.07) is 15.1. The highest BCUT2D eigenvalue weighted by Crippen LogP contribution is 2.23. The molecule has 1 heterocycles. The first-order valence-corrected chi connectivity index (χ1v) is 8.74. The second-order valence-electron chi connectivity index (χ2n) is 5.99. The van der Waals surface area contributed by atoms with Crippen LogP contribution in [0.25, 0.3) is 10.9 Å². The van der Waals surface area contributed by atoms with Gasteiger partial charge in [0, 0.05) is 29.8 Å². The summed E-state index contributed by atoms with van der Waals surface area (Å²) in [4.78, 5) is 20.8. The summed E-state index contributed by atoms with van der Waals surface area (Å²) >= 11 is 0. The summed E-state index contributed by atoms with van der Waals surface area (Å²) < 4.78 is 0. The van der Waals surface area contributed by atoms with Gasteiger partial charge in [-0.15, -0.1) is 0 Å². The number of nitrogens with one attached hydrogen (secondary N) is 2. The Balaban J connectivity index is 1.68. The second kappa shape index (κ2) is 8.92. The van der Waals surface area contributed by atoms with Gasteiger partial charge in [0.05, 0.1) is 5.52 Å². The van der Waals surface area contributed by atoms with Crippen LogP contribution in [0.5, 0.6) is 0 Å². The van der Waals surface area contributed by atoms with Gasteiger partial charge in [-0.2, -0.15) is 0 Å². The molecule has 6 nitrogen and oxygen atoms in total. The molecule has 0 fully saturated rings. The van der Waals surface area contributed by atoms with Crippen molar-refractivity contribution in [2.45, 2.75) is 19.3 Å². The molecule has 26 heavy (non-hydrogen) atoms. The summed E-state index contributed by atoms with van der Waals surface area (Å²) in [5, 5.41) is 15.9. The number of aliphatic hydroxyl groups is 1. The van der Waals surface area contributed by atoms with Crippen molar-refractivity contribution in [3.05, 3.63) is 60.4 Å². The molecule has 0 saturated heterocycles. The number of para-hydroxylation sites is 1. The van der Waals surface area contributed by atoms with Gasteiger partial charge >= 0.3 is 0 Å². The van der Waals surface area contributed by atoms with E-state index in [1.54, 1.807) is 12.1 Å². The predicted octanol–water partition coefficient (Wildman–Crippen LogP) is 3.27. The topological polar surface area (TPSA) is 87.1 Å². The van der Waals surface area contributed by atoms with E-state index in [4.69, 9.17) is 5.11 Å². The smallest absolute Gasteiger partial charge is 0.251 e. The quantitative estimate of drug-likeness (QED) is 0.543. The molecule has 6 heteroatoms. The zero-order valence-electron chi connectivity index (χ0n) is 14.5. The molecule has 3 N–H and O–H groups in total. The van der Waals surface area contributed by atoms with Crippen LogP contribution in [0.3, 0.4) is 0 Å². The van der Waals surface area contributed by atoms with Gasteiger partial charge in [0.25, 0.3) is 5.91 Å². The van der Waals surface area contributed by atoms with Gasteiger partial charge in [0.2, 0.25) is 0 Å². The van der Waals surface area contributed by atoms with E-state index < -0.39 is 0 Å². The van der Waals surface area contributed by atoms with Gasteiger partial charge in [0.15, 0.2) is 0 Å². The number of anilines is 2. The number of hydrogen-bond donors (Lipinski definition) is 3. The molecule has 3 rings (SSSR count). The molecule has 2 aromatic carbocycles. The van der Waals surface area contributed by atoms with E-state index in [9.17, 15) is 4.79 Å². The maximum absolute atomic E-state index is 12.3. The maximum Gasteiger partial charge on any atom is 0.251 e. The number of nitrogens with zero attached hydrogens (tertiary/aromatic N) is 2. The first-order chi connectivity index (χ1) is 12.8. The normalized spacial score (nSPS) is 10.7. The Morgan fingerprint density at radius 3 is 2.77 bits per heavy atom. The molecule has 0 saturated carbocycles. The Morgan fingerprint density at radius 1 is 1.00 bits per heavy atom. The van der Waals surface area contributed by atoms with E-state index in [1.165, 1.54) is 6.33 Å². The molecule has 0 radical (unpaired) electrons. The third kappa shape index (κ3) is 4.55. The summed E-state index contributed by atoms with van der Waals surface area (Å²) in [5.41, 5.74) is 2.25. The first-order valence-electron chi connectivity index (χ1n) is 8.74. The van der Waals surface area contributed by atoms with Crippen LogP contribution >= 0.6 is 0 Å². The highest BCUT2D eigenvalue weighted by atomic mass is 16.2. The van der Waals surface area contributed by atoms with Crippen LogP contribution in [0.15, 0.2) is 54.9 Å². The Bertz CT molecular complexity index is 877. The van der Waals surface area contributed by atoms with Crippen molar-refractivity contribution in [1.82, 2.24) is 15.3 Å². The number of rotatable bonds is 8. The average molecular weight is 350 g/mol. The molecule has 0 aliphatic heterocycles. The molecule has 1 aromatic heterocycles. The fourth-order valence-electron chi connectivity index (χ4n) is 2.70. The van der Waals surface area contributed by atoms with E-state index in [2.05, 4.69) is 20.6 Å². The van der Waals surface area contributed by atoms with Crippen molar-refractivity contribution < 1.29 is 9.90 Å². The number of carbonyl (C=O) groups excluding carboxylic acids is 1. The lowest BCUT2D eigenvalue weighted by molar-refractivity contribution is 0.0953. The number of aliphatic hydroxyl groups excluding tert-OH is 1. The van der Waals surface area contributed by atoms with Gasteiger partial charge in [-0.05, 0) is 49.6 Å². The highest BCUT2D eigenvalue weighted by Gasteiger charge is 2.07. The number of benzene rings is 2. The molecule has 0 unspecified atom stereocenters. The molecular weight excluding hydrogens is 328 g/mol. The third-order valence-corrected chi connectivity index (χ3v) is 4.05. The second-order valence-corrected chi connectivity index (χ2v) is 5.99. The van der Waals surface area contributed by atoms with Gasteiger partial charge in [-0.3, -0.25) is 4.79 Å². The van der Waals surface area contributed by atoms with Gasteiger partial charge in [-0.1, -0.05) is 18.2 Å². The predicted molar refractivity (Wildman–Crippen MR) is 103 cm³/mol. The molecule has 0 spiro atoms. The van der Waals surface area contributed by atoms with Crippen LogP contribution < -0.4 is 10.6 Å². The number of carbonyl (C=O) groups is 1. The maximum atomic E-state index is 12.3. The molecule has 0 aliphatic rings. The van der Waals surface area contributed by atoms with E-state index in [0.29, 0.717) is 17.9 Å². The zero-order valence-corrected chi connectivity index (χ0v) is 14.5. The van der Waals surface area contributed by atoms with Crippen LogP contribution in [-0.2, 0) is 0 Å². The molecule has 134 valence electrons. The fourth-order valence-corrected chi connectivity index (χ4v) is 2.70. The standard InChI is InChI=1S/C20H22N4O2/c25-12-5-1-4-11-21-20(26)15-7-6-8-16(13-15)24-19-17-9-2-3-10-18(17)22-14-23-19/h2-3,6-10,13-14,25H,1,4-5,11-12H2,(H,21,26)(H,22,23,24). The van der Waals surface area contributed by atoms with E-state index in [-0.39, 0.29) is 12.5 Å². The SMILES string of the molecule is O=C(NCCCCCO)c1cccc(Nc2ncnc3ccccc23)c1. The van der Waals surface area contributed by atoms with Gasteiger partial charge < -0.3 is 15.7 Å². The highest BCUT2D eigenvalue weighted by molar-refractivity contribution is 5.96. The summed E-state index contributed by atoms with van der Waals surface area (Å²) in [5.74, 6) is 0.599. The van der Waals surface area contributed by atoms with Gasteiger partial charge in [0.1, 0.15) is 12.1 Å². The lowest BCUT2D eigenvalue weighted by Gasteiger charge is -2.10. The average Bonchev–Trinajstić information content (AvgIpc) is 2.68. The van der Waals surface area contributed by atoms with Crippen LogP contribution in [0.1, 0.15) is 29.6 Å². The Hall–Kier alpha value is -2.99. The van der Waals surface area contributed by atoms with E-state index in [1.807, 2.05) is 36.4 Å². The molecule has 1 amide bonds. The number of aromatic nitrogens is 2. The summed E-state index contributed by atoms with van der Waals surface area (Å²) in [6.45, 7) is 0.798. The molecule has 0 aliphatic carbocycles. The largest absolute Gasteiger partial charge is 0.396 e. The van der Waals surface area contributed by atoms with Crippen LogP contribution in [0, 0.1) is 0 Å². The first kappa shape index (κ1) is 17.8. The van der Waals surface area contributed by atoms with E-state index >= 15 is 0 Å². The lowest BCUT2D eigenvalue weighted by atomic mass is 10.1. The van der Waals surface area contributed by atoms with E-state index in [0.717, 1.165) is 35.9 Å². The summed E-state index contributed by atoms with van der Waals surface area (Å²) in [7, 11) is 0. The molecular formula is C20H22N4O2.